The van der Waals surface area contributed by atoms with E-state index in [2.05, 4.69) is 15.3 Å². The smallest absolute Gasteiger partial charge is 0.243 e. The minimum Gasteiger partial charge on any atom is -0.370 e. The summed E-state index contributed by atoms with van der Waals surface area (Å²) in [4.78, 5) is 10.5. The third-order valence-corrected chi connectivity index (χ3v) is 6.15. The van der Waals surface area contributed by atoms with Gasteiger partial charge in [0.1, 0.15) is 5.82 Å². The van der Waals surface area contributed by atoms with Gasteiger partial charge in [-0.1, -0.05) is 0 Å². The number of halogens is 2. The molecule has 0 spiro atoms. The molecule has 146 valence electrons. The number of nitrogens with zero attached hydrogens (tertiary/aromatic N) is 4. The van der Waals surface area contributed by atoms with E-state index < -0.39 is 21.7 Å². The van der Waals surface area contributed by atoms with Crippen molar-refractivity contribution in [2.45, 2.75) is 18.7 Å². The number of benzene rings is 1. The van der Waals surface area contributed by atoms with Crippen molar-refractivity contribution >= 4 is 21.8 Å². The minimum absolute atomic E-state index is 0.204. The van der Waals surface area contributed by atoms with Gasteiger partial charge in [0, 0.05) is 44.5 Å². The number of anilines is 2. The zero-order valence-corrected chi connectivity index (χ0v) is 15.9. The van der Waals surface area contributed by atoms with Gasteiger partial charge in [0.15, 0.2) is 11.6 Å². The van der Waals surface area contributed by atoms with E-state index in [-0.39, 0.29) is 18.0 Å². The molecule has 0 aliphatic carbocycles. The lowest BCUT2D eigenvalue weighted by molar-refractivity contribution is 0.382. The molecule has 1 aliphatic heterocycles. The zero-order valence-electron chi connectivity index (χ0n) is 15.1. The number of piperazine rings is 1. The zero-order chi connectivity index (χ0) is 19.6. The second-order valence-electron chi connectivity index (χ2n) is 6.19. The van der Waals surface area contributed by atoms with E-state index in [1.54, 1.807) is 0 Å². The Kier molecular flexibility index (Phi) is 5.56. The summed E-state index contributed by atoms with van der Waals surface area (Å²) in [6, 6.07) is 4.45. The van der Waals surface area contributed by atoms with Crippen LogP contribution < -0.4 is 10.2 Å². The molecule has 0 radical (unpaired) electrons. The van der Waals surface area contributed by atoms with Gasteiger partial charge in [0.25, 0.3) is 0 Å². The molecule has 0 bridgehead atoms. The Morgan fingerprint density at radius 1 is 1.07 bits per heavy atom. The molecule has 1 N–H and O–H groups in total. The number of hydrogen-bond donors (Lipinski definition) is 1. The van der Waals surface area contributed by atoms with E-state index in [1.807, 2.05) is 24.8 Å². The van der Waals surface area contributed by atoms with Gasteiger partial charge >= 0.3 is 0 Å². The molecule has 1 fully saturated rings. The highest BCUT2D eigenvalue weighted by Crippen LogP contribution is 2.22. The topological polar surface area (TPSA) is 78.4 Å². The highest BCUT2D eigenvalue weighted by molar-refractivity contribution is 7.89. The fourth-order valence-corrected chi connectivity index (χ4v) is 4.32. The summed E-state index contributed by atoms with van der Waals surface area (Å²) in [6.07, 6.45) is 0. The van der Waals surface area contributed by atoms with Crippen molar-refractivity contribution in [3.63, 3.8) is 0 Å². The van der Waals surface area contributed by atoms with Crippen LogP contribution in [0.15, 0.2) is 29.2 Å². The van der Waals surface area contributed by atoms with Gasteiger partial charge in [-0.25, -0.2) is 22.2 Å². The molecule has 1 aromatic carbocycles. The molecule has 7 nitrogen and oxygen atoms in total. The number of hydrogen-bond acceptors (Lipinski definition) is 6. The van der Waals surface area contributed by atoms with Crippen LogP contribution in [-0.2, 0) is 10.0 Å². The van der Waals surface area contributed by atoms with Gasteiger partial charge in [-0.2, -0.15) is 9.29 Å². The Balaban J connectivity index is 1.74. The maximum absolute atomic E-state index is 13.4. The van der Waals surface area contributed by atoms with Gasteiger partial charge < -0.3 is 10.2 Å². The summed E-state index contributed by atoms with van der Waals surface area (Å²) in [7, 11) is -3.89. The van der Waals surface area contributed by atoms with Crippen LogP contribution in [0.2, 0.25) is 0 Å². The first-order chi connectivity index (χ1) is 12.8. The lowest BCUT2D eigenvalue weighted by atomic mass is 10.3. The Morgan fingerprint density at radius 2 is 1.78 bits per heavy atom. The normalized spacial score (nSPS) is 15.8. The molecule has 0 unspecified atom stereocenters. The molecule has 0 atom stereocenters. The van der Waals surface area contributed by atoms with E-state index in [0.717, 1.165) is 30.2 Å². The first-order valence-corrected chi connectivity index (χ1v) is 10.0. The van der Waals surface area contributed by atoms with Crippen molar-refractivity contribution in [2.75, 3.05) is 42.9 Å². The molecular weight excluding hydrogens is 376 g/mol. The highest BCUT2D eigenvalue weighted by atomic mass is 32.2. The van der Waals surface area contributed by atoms with Crippen LogP contribution in [0.4, 0.5) is 20.5 Å². The third kappa shape index (κ3) is 4.16. The van der Waals surface area contributed by atoms with Crippen molar-refractivity contribution in [1.82, 2.24) is 14.3 Å². The fraction of sp³-hybridized carbons (Fsp3) is 0.412. The average molecular weight is 397 g/mol. The van der Waals surface area contributed by atoms with Crippen LogP contribution in [-0.4, -0.2) is 55.4 Å². The predicted octanol–water partition coefficient (Wildman–Crippen LogP) is 2.01. The molecule has 2 aromatic rings. The number of aromatic nitrogens is 2. The lowest BCUT2D eigenvalue weighted by Crippen LogP contribution is -2.49. The summed E-state index contributed by atoms with van der Waals surface area (Å²) in [5.41, 5.74) is 0.813. The number of rotatable bonds is 5. The predicted molar refractivity (Wildman–Crippen MR) is 98.3 cm³/mol. The van der Waals surface area contributed by atoms with Crippen LogP contribution in [0.1, 0.15) is 12.6 Å². The van der Waals surface area contributed by atoms with Crippen molar-refractivity contribution < 1.29 is 17.2 Å². The summed E-state index contributed by atoms with van der Waals surface area (Å²) in [5, 5.41) is 3.14. The minimum atomic E-state index is -3.89. The largest absolute Gasteiger partial charge is 0.370 e. The molecule has 1 aliphatic rings. The number of nitrogens with one attached hydrogen (secondary N) is 1. The van der Waals surface area contributed by atoms with Crippen LogP contribution >= 0.6 is 0 Å². The van der Waals surface area contributed by atoms with Gasteiger partial charge in [0.2, 0.25) is 16.0 Å². The number of sulfonamides is 1. The van der Waals surface area contributed by atoms with E-state index in [9.17, 15) is 17.2 Å². The first kappa shape index (κ1) is 19.4. The SMILES string of the molecule is CCNc1cc(C)nc(N2CCN(S(=O)(=O)c3ccc(F)c(F)c3)CC2)n1. The van der Waals surface area contributed by atoms with Crippen LogP contribution in [0.3, 0.4) is 0 Å². The third-order valence-electron chi connectivity index (χ3n) is 4.25. The number of aryl methyl sites for hydroxylation is 1. The Labute approximate surface area is 157 Å². The van der Waals surface area contributed by atoms with Crippen molar-refractivity contribution in [2.24, 2.45) is 0 Å². The van der Waals surface area contributed by atoms with Crippen LogP contribution in [0, 0.1) is 18.6 Å². The van der Waals surface area contributed by atoms with Gasteiger partial charge in [-0.05, 0) is 32.0 Å². The second-order valence-corrected chi connectivity index (χ2v) is 8.13. The van der Waals surface area contributed by atoms with E-state index >= 15 is 0 Å². The molecule has 1 saturated heterocycles. The molecular formula is C17H21F2N5O2S. The summed E-state index contributed by atoms with van der Waals surface area (Å²) in [6.45, 7) is 5.78. The second kappa shape index (κ2) is 7.73. The van der Waals surface area contributed by atoms with Gasteiger partial charge in [-0.15, -0.1) is 0 Å². The molecule has 1 aromatic heterocycles. The molecule has 0 saturated carbocycles. The van der Waals surface area contributed by atoms with Crippen molar-refractivity contribution in [3.05, 3.63) is 41.6 Å². The van der Waals surface area contributed by atoms with E-state index in [0.29, 0.717) is 25.1 Å². The Morgan fingerprint density at radius 3 is 2.41 bits per heavy atom. The quantitative estimate of drug-likeness (QED) is 0.832. The molecule has 27 heavy (non-hydrogen) atoms. The molecule has 10 heteroatoms. The summed E-state index contributed by atoms with van der Waals surface area (Å²) >= 11 is 0. The fourth-order valence-electron chi connectivity index (χ4n) is 2.88. The van der Waals surface area contributed by atoms with E-state index in [1.165, 1.54) is 4.31 Å². The van der Waals surface area contributed by atoms with Gasteiger partial charge in [0.05, 0.1) is 4.90 Å². The standard InChI is InChI=1S/C17H21F2N5O2S/c1-3-20-16-10-12(2)21-17(22-16)23-6-8-24(9-7-23)27(25,26)13-4-5-14(18)15(19)11-13/h4-5,10-11H,3,6-9H2,1-2H3,(H,20,21,22). The molecule has 3 rings (SSSR count). The van der Waals surface area contributed by atoms with Crippen molar-refractivity contribution in [3.8, 4) is 0 Å². The van der Waals surface area contributed by atoms with Gasteiger partial charge in [-0.3, -0.25) is 0 Å². The first-order valence-electron chi connectivity index (χ1n) is 8.61. The maximum atomic E-state index is 13.4. The molecule has 2 heterocycles. The average Bonchev–Trinajstić information content (AvgIpc) is 2.64. The maximum Gasteiger partial charge on any atom is 0.243 e. The highest BCUT2D eigenvalue weighted by Gasteiger charge is 2.30. The van der Waals surface area contributed by atoms with Crippen molar-refractivity contribution in [1.29, 1.82) is 0 Å². The van der Waals surface area contributed by atoms with Crippen LogP contribution in [0.5, 0.6) is 0 Å². The summed E-state index contributed by atoms with van der Waals surface area (Å²) < 4.78 is 53.1. The Bertz CT molecular complexity index is 931. The van der Waals surface area contributed by atoms with Crippen LogP contribution in [0.25, 0.3) is 0 Å². The monoisotopic (exact) mass is 397 g/mol. The molecule has 0 amide bonds. The summed E-state index contributed by atoms with van der Waals surface area (Å²) in [5.74, 6) is -1.00. The Hall–Kier alpha value is -2.33. The lowest BCUT2D eigenvalue weighted by Gasteiger charge is -2.34. The van der Waals surface area contributed by atoms with E-state index in [4.69, 9.17) is 0 Å².